The van der Waals surface area contributed by atoms with E-state index in [0.717, 1.165) is 22.9 Å². The van der Waals surface area contributed by atoms with Gasteiger partial charge in [0.25, 0.3) is 0 Å². The van der Waals surface area contributed by atoms with E-state index < -0.39 is 9.84 Å². The summed E-state index contributed by atoms with van der Waals surface area (Å²) in [6, 6.07) is 7.83. The molecular formula is C16H25BrO2S. The highest BCUT2D eigenvalue weighted by atomic mass is 79.9. The third kappa shape index (κ3) is 6.40. The van der Waals surface area contributed by atoms with Crippen LogP contribution in [0.25, 0.3) is 0 Å². The summed E-state index contributed by atoms with van der Waals surface area (Å²) in [4.78, 5) is 0. The molecule has 4 heteroatoms. The van der Waals surface area contributed by atoms with Crippen molar-refractivity contribution in [1.82, 2.24) is 0 Å². The van der Waals surface area contributed by atoms with Crippen LogP contribution in [0.5, 0.6) is 0 Å². The first kappa shape index (κ1) is 17.7. The first-order chi connectivity index (χ1) is 9.11. The minimum absolute atomic E-state index is 0.0187. The van der Waals surface area contributed by atoms with Gasteiger partial charge in [0.2, 0.25) is 0 Å². The lowest BCUT2D eigenvalue weighted by Gasteiger charge is -2.18. The average molecular weight is 361 g/mol. The molecule has 0 heterocycles. The highest BCUT2D eigenvalue weighted by Gasteiger charge is 2.20. The van der Waals surface area contributed by atoms with Crippen LogP contribution < -0.4 is 0 Å². The van der Waals surface area contributed by atoms with Gasteiger partial charge < -0.3 is 0 Å². The topological polar surface area (TPSA) is 34.1 Å². The number of sulfone groups is 1. The minimum Gasteiger partial charge on any atom is -0.229 e. The van der Waals surface area contributed by atoms with Crippen LogP contribution >= 0.6 is 15.9 Å². The molecule has 0 N–H and O–H groups in total. The summed E-state index contributed by atoms with van der Waals surface area (Å²) >= 11 is 3.49. The molecule has 0 aromatic heterocycles. The fourth-order valence-corrected chi connectivity index (χ4v) is 4.62. The molecule has 0 fully saturated rings. The summed E-state index contributed by atoms with van der Waals surface area (Å²) in [6.07, 6.45) is 1.68. The number of halogens is 1. The number of hydrogen-bond donors (Lipinski definition) is 0. The van der Waals surface area contributed by atoms with E-state index in [1.165, 1.54) is 0 Å². The molecule has 0 aliphatic rings. The van der Waals surface area contributed by atoms with E-state index in [4.69, 9.17) is 0 Å². The van der Waals surface area contributed by atoms with Crippen molar-refractivity contribution >= 4 is 25.8 Å². The van der Waals surface area contributed by atoms with Crippen molar-refractivity contribution < 1.29 is 8.42 Å². The summed E-state index contributed by atoms with van der Waals surface area (Å²) in [6.45, 7) is 8.40. The Morgan fingerprint density at radius 2 is 1.80 bits per heavy atom. The largest absolute Gasteiger partial charge is 0.229 e. The van der Waals surface area contributed by atoms with Crippen molar-refractivity contribution in [3.8, 4) is 0 Å². The van der Waals surface area contributed by atoms with Gasteiger partial charge >= 0.3 is 0 Å². The van der Waals surface area contributed by atoms with Crippen LogP contribution in [0.1, 0.15) is 52.0 Å². The van der Waals surface area contributed by atoms with Crippen LogP contribution in [0.15, 0.2) is 28.7 Å². The maximum atomic E-state index is 12.2. The SMILES string of the molecule is C[C@@H](CS(=O)(=O)CCCC(C)(C)C)c1ccccc1Br. The Kier molecular flexibility index (Phi) is 6.26. The maximum Gasteiger partial charge on any atom is 0.150 e. The lowest BCUT2D eigenvalue weighted by Crippen LogP contribution is -2.18. The van der Waals surface area contributed by atoms with Gasteiger partial charge in [-0.1, -0.05) is 61.8 Å². The summed E-state index contributed by atoms with van der Waals surface area (Å²) in [5, 5.41) is 0. The smallest absolute Gasteiger partial charge is 0.150 e. The van der Waals surface area contributed by atoms with Crippen molar-refractivity contribution in [2.75, 3.05) is 11.5 Å². The van der Waals surface area contributed by atoms with E-state index in [2.05, 4.69) is 36.7 Å². The molecular weight excluding hydrogens is 336 g/mol. The van der Waals surface area contributed by atoms with Crippen molar-refractivity contribution in [2.24, 2.45) is 5.41 Å². The molecule has 0 unspecified atom stereocenters. The van der Waals surface area contributed by atoms with Crippen molar-refractivity contribution in [2.45, 2.75) is 46.5 Å². The third-order valence-electron chi connectivity index (χ3n) is 3.32. The second-order valence-electron chi connectivity index (χ2n) is 6.70. The van der Waals surface area contributed by atoms with Gasteiger partial charge in [0.15, 0.2) is 9.84 Å². The zero-order valence-corrected chi connectivity index (χ0v) is 15.2. The number of hydrogen-bond acceptors (Lipinski definition) is 2. The highest BCUT2D eigenvalue weighted by molar-refractivity contribution is 9.10. The van der Waals surface area contributed by atoms with Gasteiger partial charge in [0.1, 0.15) is 0 Å². The molecule has 0 bridgehead atoms. The van der Waals surface area contributed by atoms with Crippen LogP contribution in [-0.2, 0) is 9.84 Å². The van der Waals surface area contributed by atoms with Crippen LogP contribution in [0.2, 0.25) is 0 Å². The van der Waals surface area contributed by atoms with Crippen molar-refractivity contribution in [3.63, 3.8) is 0 Å². The molecule has 1 aromatic rings. The molecule has 0 radical (unpaired) electrons. The van der Waals surface area contributed by atoms with Gasteiger partial charge in [-0.15, -0.1) is 0 Å². The van der Waals surface area contributed by atoms with Gasteiger partial charge in [-0.25, -0.2) is 8.42 Å². The molecule has 114 valence electrons. The molecule has 1 atom stereocenters. The lowest BCUT2D eigenvalue weighted by molar-refractivity contribution is 0.373. The first-order valence-electron chi connectivity index (χ1n) is 7.05. The van der Waals surface area contributed by atoms with Crippen LogP contribution in [0.3, 0.4) is 0 Å². The van der Waals surface area contributed by atoms with E-state index >= 15 is 0 Å². The maximum absolute atomic E-state index is 12.2. The second-order valence-corrected chi connectivity index (χ2v) is 9.78. The van der Waals surface area contributed by atoms with Crippen LogP contribution in [0.4, 0.5) is 0 Å². The van der Waals surface area contributed by atoms with E-state index in [-0.39, 0.29) is 17.1 Å². The predicted molar refractivity (Wildman–Crippen MR) is 89.9 cm³/mol. The second kappa shape index (κ2) is 7.08. The van der Waals surface area contributed by atoms with E-state index in [0.29, 0.717) is 5.75 Å². The Morgan fingerprint density at radius 3 is 2.35 bits per heavy atom. The van der Waals surface area contributed by atoms with Crippen LogP contribution in [0, 0.1) is 5.41 Å². The molecule has 0 aliphatic carbocycles. The summed E-state index contributed by atoms with van der Waals surface area (Å²) < 4.78 is 25.4. The summed E-state index contributed by atoms with van der Waals surface area (Å²) in [5.41, 5.74) is 1.26. The zero-order chi connectivity index (χ0) is 15.4. The molecule has 0 aliphatic heterocycles. The van der Waals surface area contributed by atoms with Gasteiger partial charge in [-0.05, 0) is 35.8 Å². The summed E-state index contributed by atoms with van der Waals surface area (Å²) in [7, 11) is -2.99. The third-order valence-corrected chi connectivity index (χ3v) is 5.96. The Hall–Kier alpha value is -0.350. The van der Waals surface area contributed by atoms with E-state index in [1.54, 1.807) is 0 Å². The standard InChI is InChI=1S/C16H25BrO2S/c1-13(14-8-5-6-9-15(14)17)12-20(18,19)11-7-10-16(2,3)4/h5-6,8-9,13H,7,10-12H2,1-4H3/t13-/m0/s1. The van der Waals surface area contributed by atoms with Gasteiger partial charge in [-0.2, -0.15) is 0 Å². The highest BCUT2D eigenvalue weighted by Crippen LogP contribution is 2.26. The number of rotatable bonds is 6. The summed E-state index contributed by atoms with van der Waals surface area (Å²) in [5.74, 6) is 0.531. The van der Waals surface area contributed by atoms with Crippen molar-refractivity contribution in [1.29, 1.82) is 0 Å². The van der Waals surface area contributed by atoms with Gasteiger partial charge in [0.05, 0.1) is 11.5 Å². The Balaban J connectivity index is 2.60. The molecule has 0 saturated heterocycles. The Labute approximate surface area is 132 Å². The van der Waals surface area contributed by atoms with Gasteiger partial charge in [0, 0.05) is 4.47 Å². The molecule has 0 saturated carbocycles. The molecule has 0 spiro atoms. The Morgan fingerprint density at radius 1 is 1.20 bits per heavy atom. The molecule has 0 amide bonds. The molecule has 20 heavy (non-hydrogen) atoms. The lowest BCUT2D eigenvalue weighted by atomic mass is 9.91. The Bertz CT molecular complexity index is 530. The first-order valence-corrected chi connectivity index (χ1v) is 9.67. The quantitative estimate of drug-likeness (QED) is 0.730. The fourth-order valence-electron chi connectivity index (χ4n) is 2.25. The van der Waals surface area contributed by atoms with E-state index in [1.807, 2.05) is 31.2 Å². The molecule has 1 rings (SSSR count). The van der Waals surface area contributed by atoms with Gasteiger partial charge in [-0.3, -0.25) is 0 Å². The average Bonchev–Trinajstić information content (AvgIpc) is 2.26. The van der Waals surface area contributed by atoms with Crippen LogP contribution in [-0.4, -0.2) is 19.9 Å². The molecule has 2 nitrogen and oxygen atoms in total. The normalized spacial score (nSPS) is 14.2. The minimum atomic E-state index is -2.99. The molecule has 1 aromatic carbocycles. The predicted octanol–water partition coefficient (Wildman–Crippen LogP) is 4.79. The van der Waals surface area contributed by atoms with Crippen molar-refractivity contribution in [3.05, 3.63) is 34.3 Å². The monoisotopic (exact) mass is 360 g/mol. The fraction of sp³-hybridized carbons (Fsp3) is 0.625. The zero-order valence-electron chi connectivity index (χ0n) is 12.8. The van der Waals surface area contributed by atoms with E-state index in [9.17, 15) is 8.42 Å². The number of benzene rings is 1.